The molecular weight excluding hydrogens is 316 g/mol. The maximum Gasteiger partial charge on any atom is 0.259 e. The summed E-state index contributed by atoms with van der Waals surface area (Å²) in [4.78, 5) is 25.4. The van der Waals surface area contributed by atoms with E-state index in [9.17, 15) is 4.79 Å². The summed E-state index contributed by atoms with van der Waals surface area (Å²) < 4.78 is 1.51. The van der Waals surface area contributed by atoms with E-state index in [2.05, 4.69) is 25.4 Å². The highest BCUT2D eigenvalue weighted by molar-refractivity contribution is 6.04. The van der Waals surface area contributed by atoms with Gasteiger partial charge in [0.1, 0.15) is 0 Å². The van der Waals surface area contributed by atoms with Crippen LogP contribution in [0.25, 0.3) is 17.2 Å². The third-order valence-corrected chi connectivity index (χ3v) is 3.72. The van der Waals surface area contributed by atoms with Crippen LogP contribution in [0, 0.1) is 6.92 Å². The first-order valence-electron chi connectivity index (χ1n) is 7.71. The molecule has 7 heteroatoms. The highest BCUT2D eigenvalue weighted by Gasteiger charge is 2.15. The van der Waals surface area contributed by atoms with Crippen LogP contribution in [0.3, 0.4) is 0 Å². The monoisotopic (exact) mass is 330 g/mol. The second-order valence-corrected chi connectivity index (χ2v) is 5.48. The lowest BCUT2D eigenvalue weighted by Gasteiger charge is -2.07. The number of aromatic nitrogens is 5. The minimum Gasteiger partial charge on any atom is -0.322 e. The predicted octanol–water partition coefficient (Wildman–Crippen LogP) is 2.75. The average Bonchev–Trinajstić information content (AvgIpc) is 3.05. The number of rotatable bonds is 3. The first-order chi connectivity index (χ1) is 12.2. The van der Waals surface area contributed by atoms with E-state index in [1.807, 2.05) is 42.5 Å². The Bertz CT molecular complexity index is 1040. The van der Waals surface area contributed by atoms with Crippen LogP contribution in [-0.4, -0.2) is 30.5 Å². The molecule has 3 heterocycles. The fraction of sp³-hybridized carbons (Fsp3) is 0.0556. The van der Waals surface area contributed by atoms with Crippen molar-refractivity contribution in [2.45, 2.75) is 6.92 Å². The minimum absolute atomic E-state index is 0.239. The summed E-state index contributed by atoms with van der Waals surface area (Å²) in [6.45, 7) is 1.78. The number of carbonyl (C=O) groups excluding carboxylic acids is 1. The topological polar surface area (TPSA) is 85.1 Å². The molecule has 4 aromatic rings. The molecule has 0 radical (unpaired) electrons. The predicted molar refractivity (Wildman–Crippen MR) is 93.1 cm³/mol. The van der Waals surface area contributed by atoms with Crippen LogP contribution in [0.4, 0.5) is 5.69 Å². The quantitative estimate of drug-likeness (QED) is 0.624. The zero-order chi connectivity index (χ0) is 17.2. The van der Waals surface area contributed by atoms with Gasteiger partial charge >= 0.3 is 0 Å². The van der Waals surface area contributed by atoms with Gasteiger partial charge in [-0.2, -0.15) is 4.98 Å². The number of anilines is 1. The number of benzene rings is 1. The van der Waals surface area contributed by atoms with Crippen molar-refractivity contribution in [3.63, 3.8) is 0 Å². The van der Waals surface area contributed by atoms with Crippen LogP contribution in [0.15, 0.2) is 61.1 Å². The number of amides is 1. The van der Waals surface area contributed by atoms with Gasteiger partial charge in [-0.15, -0.1) is 5.10 Å². The molecule has 0 spiro atoms. The van der Waals surface area contributed by atoms with E-state index in [1.165, 1.54) is 4.52 Å². The third kappa shape index (κ3) is 2.94. The number of nitrogens with one attached hydrogen (secondary N) is 1. The molecule has 0 aliphatic heterocycles. The van der Waals surface area contributed by atoms with Gasteiger partial charge in [0, 0.05) is 29.8 Å². The summed E-state index contributed by atoms with van der Waals surface area (Å²) in [5.41, 5.74) is 2.55. The van der Waals surface area contributed by atoms with Gasteiger partial charge < -0.3 is 5.32 Å². The number of aryl methyl sites for hydroxylation is 1. The Morgan fingerprint density at radius 3 is 2.68 bits per heavy atom. The van der Waals surface area contributed by atoms with E-state index in [0.29, 0.717) is 22.9 Å². The first kappa shape index (κ1) is 14.9. The molecule has 0 atom stereocenters. The van der Waals surface area contributed by atoms with Crippen molar-refractivity contribution in [2.75, 3.05) is 5.32 Å². The molecular formula is C18H14N6O. The molecule has 0 aliphatic carbocycles. The van der Waals surface area contributed by atoms with Gasteiger partial charge in [0.05, 0.1) is 11.3 Å². The van der Waals surface area contributed by atoms with Crippen molar-refractivity contribution in [3.8, 4) is 11.4 Å². The molecule has 4 rings (SSSR count). The minimum atomic E-state index is -0.239. The van der Waals surface area contributed by atoms with Gasteiger partial charge in [0.15, 0.2) is 5.82 Å². The zero-order valence-corrected chi connectivity index (χ0v) is 13.4. The number of pyridine rings is 1. The van der Waals surface area contributed by atoms with Gasteiger partial charge in [-0.25, -0.2) is 9.50 Å². The molecule has 0 aliphatic rings. The van der Waals surface area contributed by atoms with E-state index < -0.39 is 0 Å². The summed E-state index contributed by atoms with van der Waals surface area (Å²) in [5.74, 6) is 0.713. The summed E-state index contributed by atoms with van der Waals surface area (Å²) in [6, 6.07) is 13.0. The highest BCUT2D eigenvalue weighted by Crippen LogP contribution is 2.16. The smallest absolute Gasteiger partial charge is 0.259 e. The standard InChI is InChI=1S/C18H14N6O/c1-12-15(17(25)21-14-7-3-2-4-8-14)11-24-18(20-12)22-16(23-24)13-6-5-9-19-10-13/h2-11H,1H3,(H,21,25). The number of para-hydroxylation sites is 1. The Kier molecular flexibility index (Phi) is 3.66. The van der Waals surface area contributed by atoms with Crippen LogP contribution >= 0.6 is 0 Å². The Hall–Kier alpha value is -3.61. The van der Waals surface area contributed by atoms with Gasteiger partial charge in [0.25, 0.3) is 11.7 Å². The molecule has 0 fully saturated rings. The Balaban J connectivity index is 1.70. The maximum atomic E-state index is 12.5. The number of carbonyl (C=O) groups is 1. The summed E-state index contributed by atoms with van der Waals surface area (Å²) in [5, 5.41) is 7.25. The molecule has 0 saturated heterocycles. The molecule has 7 nitrogen and oxygen atoms in total. The molecule has 1 aromatic carbocycles. The molecule has 0 unspecified atom stereocenters. The van der Waals surface area contributed by atoms with Crippen molar-refractivity contribution >= 4 is 17.4 Å². The lowest BCUT2D eigenvalue weighted by atomic mass is 10.2. The molecule has 1 amide bonds. The largest absolute Gasteiger partial charge is 0.322 e. The normalized spacial score (nSPS) is 10.8. The molecule has 25 heavy (non-hydrogen) atoms. The van der Waals surface area contributed by atoms with Crippen LogP contribution in [0.5, 0.6) is 0 Å². The van der Waals surface area contributed by atoms with Crippen LogP contribution in [-0.2, 0) is 0 Å². The van der Waals surface area contributed by atoms with Crippen molar-refractivity contribution < 1.29 is 4.79 Å². The fourth-order valence-electron chi connectivity index (χ4n) is 2.46. The van der Waals surface area contributed by atoms with Crippen molar-refractivity contribution in [1.29, 1.82) is 0 Å². The second-order valence-electron chi connectivity index (χ2n) is 5.48. The Labute approximate surface area is 143 Å². The van der Waals surface area contributed by atoms with E-state index in [-0.39, 0.29) is 5.91 Å². The van der Waals surface area contributed by atoms with Crippen molar-refractivity contribution in [2.24, 2.45) is 0 Å². The summed E-state index contributed by atoms with van der Waals surface area (Å²) in [6.07, 6.45) is 5.02. The average molecular weight is 330 g/mol. The van der Waals surface area contributed by atoms with Crippen molar-refractivity contribution in [3.05, 3.63) is 72.3 Å². The van der Waals surface area contributed by atoms with E-state index >= 15 is 0 Å². The van der Waals surface area contributed by atoms with Crippen LogP contribution in [0.2, 0.25) is 0 Å². The summed E-state index contributed by atoms with van der Waals surface area (Å²) >= 11 is 0. The molecule has 122 valence electrons. The zero-order valence-electron chi connectivity index (χ0n) is 13.4. The lowest BCUT2D eigenvalue weighted by Crippen LogP contribution is -2.15. The Morgan fingerprint density at radius 1 is 1.08 bits per heavy atom. The first-order valence-corrected chi connectivity index (χ1v) is 7.71. The van der Waals surface area contributed by atoms with Gasteiger partial charge in [-0.3, -0.25) is 9.78 Å². The number of nitrogens with zero attached hydrogens (tertiary/aromatic N) is 5. The van der Waals surface area contributed by atoms with Crippen molar-refractivity contribution in [1.82, 2.24) is 24.6 Å². The Morgan fingerprint density at radius 2 is 1.92 bits per heavy atom. The van der Waals surface area contributed by atoms with E-state index in [1.54, 1.807) is 25.5 Å². The third-order valence-electron chi connectivity index (χ3n) is 3.72. The van der Waals surface area contributed by atoms with Crippen LogP contribution < -0.4 is 5.32 Å². The van der Waals surface area contributed by atoms with E-state index in [4.69, 9.17) is 0 Å². The molecule has 0 bridgehead atoms. The number of hydrogen-bond acceptors (Lipinski definition) is 5. The number of fused-ring (bicyclic) bond motifs is 1. The fourth-order valence-corrected chi connectivity index (χ4v) is 2.46. The number of hydrogen-bond donors (Lipinski definition) is 1. The van der Waals surface area contributed by atoms with E-state index in [0.717, 1.165) is 11.3 Å². The SMILES string of the molecule is Cc1nc2nc(-c3cccnc3)nn2cc1C(=O)Nc1ccccc1. The molecule has 1 N–H and O–H groups in total. The van der Waals surface area contributed by atoms with Gasteiger partial charge in [-0.05, 0) is 31.2 Å². The second kappa shape index (κ2) is 6.12. The highest BCUT2D eigenvalue weighted by atomic mass is 16.1. The van der Waals surface area contributed by atoms with Crippen LogP contribution in [0.1, 0.15) is 16.1 Å². The lowest BCUT2D eigenvalue weighted by molar-refractivity contribution is 0.102. The van der Waals surface area contributed by atoms with Gasteiger partial charge in [0.2, 0.25) is 0 Å². The molecule has 3 aromatic heterocycles. The maximum absolute atomic E-state index is 12.5. The molecule has 0 saturated carbocycles. The summed E-state index contributed by atoms with van der Waals surface area (Å²) in [7, 11) is 0. The van der Waals surface area contributed by atoms with Gasteiger partial charge in [-0.1, -0.05) is 18.2 Å².